The Bertz CT molecular complexity index is 866. The molecule has 0 fully saturated rings. The molecule has 1 aromatic carbocycles. The summed E-state index contributed by atoms with van der Waals surface area (Å²) in [5.74, 6) is -1.20. The van der Waals surface area contributed by atoms with E-state index in [2.05, 4.69) is 9.98 Å². The summed E-state index contributed by atoms with van der Waals surface area (Å²) in [6.07, 6.45) is 1.86. The van der Waals surface area contributed by atoms with Gasteiger partial charge in [0.15, 0.2) is 0 Å². The summed E-state index contributed by atoms with van der Waals surface area (Å²) in [5.41, 5.74) is 1.74. The zero-order chi connectivity index (χ0) is 14.1. The zero-order valence-electron chi connectivity index (χ0n) is 10.6. The molecule has 0 N–H and O–H groups in total. The van der Waals surface area contributed by atoms with Crippen molar-refractivity contribution >= 4 is 23.1 Å². The quantitative estimate of drug-likeness (QED) is 0.690. The zero-order valence-corrected chi connectivity index (χ0v) is 11.4. The highest BCUT2D eigenvalue weighted by molar-refractivity contribution is 7.03. The number of hydrogen-bond donors (Lipinski definition) is 0. The average molecular weight is 287 g/mol. The van der Waals surface area contributed by atoms with Crippen LogP contribution >= 0.6 is 11.5 Å². The van der Waals surface area contributed by atoms with Gasteiger partial charge in [-0.2, -0.15) is 9.98 Å². The number of rotatable bonds is 1. The fourth-order valence-electron chi connectivity index (χ4n) is 1.77. The molecule has 3 rings (SSSR count). The lowest BCUT2D eigenvalue weighted by molar-refractivity contribution is 0.0994. The van der Waals surface area contributed by atoms with Gasteiger partial charge in [0, 0.05) is 6.20 Å². The molecule has 3 aromatic rings. The smallest absolute Gasteiger partial charge is 0.267 e. The van der Waals surface area contributed by atoms with Crippen LogP contribution in [0.15, 0.2) is 47.6 Å². The minimum atomic E-state index is -0.625. The number of nitrogens with zero attached hydrogens (tertiary/aromatic N) is 3. The summed E-state index contributed by atoms with van der Waals surface area (Å²) >= 11 is 1.23. The van der Waals surface area contributed by atoms with Gasteiger partial charge in [0.05, 0.1) is 5.56 Å². The fraction of sp³-hybridized carbons (Fsp3) is 0.0714. The van der Waals surface area contributed by atoms with Gasteiger partial charge in [0.1, 0.15) is 11.5 Å². The third-order valence-electron chi connectivity index (χ3n) is 2.75. The molecule has 0 radical (unpaired) electrons. The summed E-state index contributed by atoms with van der Waals surface area (Å²) in [5, 5.41) is 0. The molecule has 0 saturated heterocycles. The molecule has 0 atom stereocenters. The van der Waals surface area contributed by atoms with Crippen molar-refractivity contribution in [3.8, 4) is 0 Å². The maximum Gasteiger partial charge on any atom is 0.282 e. The van der Waals surface area contributed by atoms with E-state index in [0.29, 0.717) is 4.80 Å². The van der Waals surface area contributed by atoms with Gasteiger partial charge in [-0.15, -0.1) is 0 Å². The van der Waals surface area contributed by atoms with Gasteiger partial charge in [-0.05, 0) is 48.3 Å². The van der Waals surface area contributed by atoms with Crippen molar-refractivity contribution in [1.82, 2.24) is 8.77 Å². The number of carbonyl (C=O) groups excluding carboxylic acids is 1. The molecule has 1 amide bonds. The number of carbonyl (C=O) groups is 1. The lowest BCUT2D eigenvalue weighted by Gasteiger charge is -1.94. The summed E-state index contributed by atoms with van der Waals surface area (Å²) in [6.45, 7) is 1.96. The van der Waals surface area contributed by atoms with Crippen LogP contribution < -0.4 is 4.80 Å². The number of benzene rings is 1. The van der Waals surface area contributed by atoms with Gasteiger partial charge in [-0.3, -0.25) is 8.58 Å². The normalized spacial score (nSPS) is 12.0. The molecule has 0 saturated carbocycles. The molecule has 0 unspecified atom stereocenters. The van der Waals surface area contributed by atoms with Gasteiger partial charge in [0.2, 0.25) is 4.80 Å². The van der Waals surface area contributed by atoms with Gasteiger partial charge < -0.3 is 0 Å². The molecule has 0 aliphatic heterocycles. The fourth-order valence-corrected chi connectivity index (χ4v) is 2.51. The molecule has 6 heteroatoms. The van der Waals surface area contributed by atoms with Crippen LogP contribution in [-0.2, 0) is 0 Å². The number of amides is 1. The Balaban J connectivity index is 2.06. The summed E-state index contributed by atoms with van der Waals surface area (Å²) < 4.78 is 15.3. The Labute approximate surface area is 118 Å². The highest BCUT2D eigenvalue weighted by Crippen LogP contribution is 2.08. The number of fused-ring (bicyclic) bond motifs is 1. The molecule has 0 spiro atoms. The first kappa shape index (κ1) is 12.7. The predicted octanol–water partition coefficient (Wildman–Crippen LogP) is 2.58. The first-order valence-corrected chi connectivity index (χ1v) is 6.71. The van der Waals surface area contributed by atoms with E-state index in [1.54, 1.807) is 9.86 Å². The molecule has 2 aromatic heterocycles. The van der Waals surface area contributed by atoms with Crippen LogP contribution in [0.2, 0.25) is 0 Å². The Hall–Kier alpha value is -2.34. The minimum Gasteiger partial charge on any atom is -0.267 e. The van der Waals surface area contributed by atoms with Gasteiger partial charge in [-0.1, -0.05) is 12.1 Å². The van der Waals surface area contributed by atoms with Crippen molar-refractivity contribution in [2.24, 2.45) is 4.99 Å². The van der Waals surface area contributed by atoms with Crippen molar-refractivity contribution in [3.05, 3.63) is 64.3 Å². The topological polar surface area (TPSA) is 46.7 Å². The minimum absolute atomic E-state index is 0.0482. The molecule has 2 heterocycles. The van der Waals surface area contributed by atoms with Crippen molar-refractivity contribution in [1.29, 1.82) is 0 Å². The molecular weight excluding hydrogens is 277 g/mol. The number of aromatic nitrogens is 2. The van der Waals surface area contributed by atoms with Crippen molar-refractivity contribution in [3.63, 3.8) is 0 Å². The first-order chi connectivity index (χ1) is 9.63. The van der Waals surface area contributed by atoms with Gasteiger partial charge >= 0.3 is 0 Å². The molecular formula is C14H10FN3OS. The highest BCUT2D eigenvalue weighted by Gasteiger charge is 2.10. The second-order valence-electron chi connectivity index (χ2n) is 4.27. The molecule has 0 bridgehead atoms. The van der Waals surface area contributed by atoms with Crippen LogP contribution in [0.5, 0.6) is 0 Å². The van der Waals surface area contributed by atoms with E-state index < -0.39 is 11.7 Å². The van der Waals surface area contributed by atoms with Gasteiger partial charge in [0.25, 0.3) is 5.91 Å². The van der Waals surface area contributed by atoms with Crippen molar-refractivity contribution < 1.29 is 9.18 Å². The summed E-state index contributed by atoms with van der Waals surface area (Å²) in [7, 11) is 0. The summed E-state index contributed by atoms with van der Waals surface area (Å²) in [6, 6.07) is 9.60. The van der Waals surface area contributed by atoms with Gasteiger partial charge in [-0.25, -0.2) is 4.39 Å². The van der Waals surface area contributed by atoms with E-state index in [-0.39, 0.29) is 5.56 Å². The highest BCUT2D eigenvalue weighted by atomic mass is 32.1. The number of aryl methyl sites for hydroxylation is 1. The second kappa shape index (κ2) is 4.97. The molecule has 0 aliphatic rings. The van der Waals surface area contributed by atoms with Crippen LogP contribution in [0, 0.1) is 12.7 Å². The maximum atomic E-state index is 13.5. The third-order valence-corrected chi connectivity index (χ3v) is 3.60. The second-order valence-corrected chi connectivity index (χ2v) is 5.21. The van der Waals surface area contributed by atoms with Crippen LogP contribution in [0.25, 0.3) is 5.65 Å². The van der Waals surface area contributed by atoms with Crippen molar-refractivity contribution in [2.45, 2.75) is 6.92 Å². The Morgan fingerprint density at radius 1 is 1.35 bits per heavy atom. The van der Waals surface area contributed by atoms with E-state index in [4.69, 9.17) is 0 Å². The predicted molar refractivity (Wildman–Crippen MR) is 74.1 cm³/mol. The van der Waals surface area contributed by atoms with Crippen LogP contribution in [0.4, 0.5) is 4.39 Å². The Morgan fingerprint density at radius 3 is 2.95 bits per heavy atom. The third kappa shape index (κ3) is 2.37. The average Bonchev–Trinajstić information content (AvgIpc) is 2.80. The number of hydrogen-bond acceptors (Lipinski definition) is 3. The monoisotopic (exact) mass is 287 g/mol. The molecule has 0 aliphatic carbocycles. The number of halogens is 1. The first-order valence-electron chi connectivity index (χ1n) is 5.93. The standard InChI is InChI=1S/C14H10FN3OS/c1-9-6-7-18-12(8-9)16-14(20-18)17-13(19)10-4-2-3-5-11(10)15/h2-8H,1H3. The Kier molecular flexibility index (Phi) is 3.15. The Morgan fingerprint density at radius 2 is 2.15 bits per heavy atom. The molecule has 4 nitrogen and oxygen atoms in total. The lowest BCUT2D eigenvalue weighted by Crippen LogP contribution is -2.06. The lowest BCUT2D eigenvalue weighted by atomic mass is 10.2. The van der Waals surface area contributed by atoms with E-state index in [1.165, 1.54) is 29.7 Å². The maximum absolute atomic E-state index is 13.5. The van der Waals surface area contributed by atoms with E-state index in [9.17, 15) is 9.18 Å². The largest absolute Gasteiger partial charge is 0.282 e. The molecule has 100 valence electrons. The molecule has 20 heavy (non-hydrogen) atoms. The van der Waals surface area contributed by atoms with Crippen LogP contribution in [-0.4, -0.2) is 14.7 Å². The van der Waals surface area contributed by atoms with E-state index in [0.717, 1.165) is 11.2 Å². The summed E-state index contributed by atoms with van der Waals surface area (Å²) in [4.78, 5) is 20.3. The van der Waals surface area contributed by atoms with Crippen molar-refractivity contribution in [2.75, 3.05) is 0 Å². The SMILES string of the molecule is Cc1ccn2sc(=NC(=O)c3ccccc3F)nc2c1. The van der Waals surface area contributed by atoms with Crippen LogP contribution in [0.1, 0.15) is 15.9 Å². The number of pyridine rings is 1. The van der Waals surface area contributed by atoms with E-state index >= 15 is 0 Å². The van der Waals surface area contributed by atoms with Crippen LogP contribution in [0.3, 0.4) is 0 Å². The van der Waals surface area contributed by atoms with E-state index in [1.807, 2.05) is 25.3 Å².